The molecule has 0 aromatic rings. The fraction of sp³-hybridized carbons (Fsp3) is 0.941. The van der Waals surface area contributed by atoms with Crippen molar-refractivity contribution in [2.75, 3.05) is 39.8 Å². The Kier molecular flexibility index (Phi) is 9.77. The van der Waals surface area contributed by atoms with E-state index >= 15 is 0 Å². The van der Waals surface area contributed by atoms with Crippen molar-refractivity contribution in [3.8, 4) is 0 Å². The summed E-state index contributed by atoms with van der Waals surface area (Å²) in [6.45, 7) is 11.7. The van der Waals surface area contributed by atoms with Crippen LogP contribution in [0.1, 0.15) is 46.5 Å². The Bertz CT molecular complexity index is 351. The first kappa shape index (κ1) is 21.0. The van der Waals surface area contributed by atoms with Crippen LogP contribution < -0.4 is 5.32 Å². The molecular formula is C17H35IN4O. The highest BCUT2D eigenvalue weighted by Crippen LogP contribution is 2.27. The van der Waals surface area contributed by atoms with Crippen LogP contribution >= 0.6 is 24.0 Å². The predicted octanol–water partition coefficient (Wildman–Crippen LogP) is 2.55. The Morgan fingerprint density at radius 3 is 2.39 bits per heavy atom. The van der Waals surface area contributed by atoms with Crippen LogP contribution in [0.15, 0.2) is 4.99 Å². The van der Waals surface area contributed by atoms with E-state index in [2.05, 4.69) is 40.9 Å². The number of hydrogen-bond donors (Lipinski definition) is 1. The van der Waals surface area contributed by atoms with E-state index < -0.39 is 0 Å². The quantitative estimate of drug-likeness (QED) is 0.377. The number of piperidine rings is 1. The third-order valence-electron chi connectivity index (χ3n) is 4.69. The van der Waals surface area contributed by atoms with Crippen LogP contribution in [0.3, 0.4) is 0 Å². The second-order valence-electron chi connectivity index (χ2n) is 6.68. The minimum atomic E-state index is 0. The molecule has 0 aromatic carbocycles. The molecule has 0 unspecified atom stereocenters. The molecule has 136 valence electrons. The maximum atomic E-state index is 5.72. The topological polar surface area (TPSA) is 40.1 Å². The van der Waals surface area contributed by atoms with Gasteiger partial charge in [-0.15, -0.1) is 24.0 Å². The lowest BCUT2D eigenvalue weighted by molar-refractivity contribution is 0.0263. The largest absolute Gasteiger partial charge is 0.378 e. The SMILES string of the molecule is CCOC1CCN(C(=NC)NCCN(C(C)C)C2CC2)CC1.I. The van der Waals surface area contributed by atoms with Crippen molar-refractivity contribution in [2.24, 2.45) is 4.99 Å². The van der Waals surface area contributed by atoms with Crippen molar-refractivity contribution in [1.82, 2.24) is 15.1 Å². The minimum absolute atomic E-state index is 0. The zero-order valence-electron chi connectivity index (χ0n) is 15.3. The molecule has 6 heteroatoms. The van der Waals surface area contributed by atoms with Crippen LogP contribution in [-0.2, 0) is 4.74 Å². The molecule has 1 saturated carbocycles. The van der Waals surface area contributed by atoms with Gasteiger partial charge in [0.25, 0.3) is 0 Å². The van der Waals surface area contributed by atoms with Crippen LogP contribution in [0.25, 0.3) is 0 Å². The Labute approximate surface area is 159 Å². The molecular weight excluding hydrogens is 403 g/mol. The molecule has 0 bridgehead atoms. The van der Waals surface area contributed by atoms with Crippen molar-refractivity contribution >= 4 is 29.9 Å². The number of aliphatic imine (C=N–C) groups is 1. The summed E-state index contributed by atoms with van der Waals surface area (Å²) in [6.07, 6.45) is 5.39. The van der Waals surface area contributed by atoms with Gasteiger partial charge in [-0.25, -0.2) is 0 Å². The fourth-order valence-electron chi connectivity index (χ4n) is 3.37. The molecule has 5 nitrogen and oxygen atoms in total. The van der Waals surface area contributed by atoms with Crippen molar-refractivity contribution in [3.05, 3.63) is 0 Å². The fourth-order valence-corrected chi connectivity index (χ4v) is 3.37. The van der Waals surface area contributed by atoms with Gasteiger partial charge in [-0.3, -0.25) is 9.89 Å². The summed E-state index contributed by atoms with van der Waals surface area (Å²) in [5.74, 6) is 1.05. The van der Waals surface area contributed by atoms with Gasteiger partial charge in [0.15, 0.2) is 5.96 Å². The lowest BCUT2D eigenvalue weighted by atomic mass is 10.1. The van der Waals surface area contributed by atoms with E-state index in [0.29, 0.717) is 12.1 Å². The first-order valence-electron chi connectivity index (χ1n) is 8.98. The molecule has 2 aliphatic rings. The molecule has 2 rings (SSSR count). The number of ether oxygens (including phenoxy) is 1. The summed E-state index contributed by atoms with van der Waals surface area (Å²) in [4.78, 5) is 9.44. The summed E-state index contributed by atoms with van der Waals surface area (Å²) in [6, 6.07) is 1.46. The molecule has 2 fully saturated rings. The number of rotatable bonds is 7. The van der Waals surface area contributed by atoms with Gasteiger partial charge in [0.05, 0.1) is 6.10 Å². The zero-order valence-corrected chi connectivity index (χ0v) is 17.6. The summed E-state index contributed by atoms with van der Waals surface area (Å²) in [5.41, 5.74) is 0. The first-order chi connectivity index (χ1) is 10.7. The summed E-state index contributed by atoms with van der Waals surface area (Å²) < 4.78 is 5.72. The second kappa shape index (κ2) is 10.7. The number of halogens is 1. The molecule has 0 radical (unpaired) electrons. The van der Waals surface area contributed by atoms with E-state index in [1.54, 1.807) is 0 Å². The average Bonchev–Trinajstić information content (AvgIpc) is 3.33. The van der Waals surface area contributed by atoms with Crippen molar-refractivity contribution in [1.29, 1.82) is 0 Å². The molecule has 1 aliphatic heterocycles. The highest BCUT2D eigenvalue weighted by Gasteiger charge is 2.30. The Morgan fingerprint density at radius 1 is 1.26 bits per heavy atom. The van der Waals surface area contributed by atoms with Crippen molar-refractivity contribution in [3.63, 3.8) is 0 Å². The Morgan fingerprint density at radius 2 is 1.91 bits per heavy atom. The third kappa shape index (κ3) is 6.74. The number of nitrogens with zero attached hydrogens (tertiary/aromatic N) is 3. The number of guanidine groups is 1. The summed E-state index contributed by atoms with van der Waals surface area (Å²) in [5, 5.41) is 3.55. The van der Waals surface area contributed by atoms with Crippen LogP contribution in [0, 0.1) is 0 Å². The van der Waals surface area contributed by atoms with Crippen molar-refractivity contribution < 1.29 is 4.74 Å². The van der Waals surface area contributed by atoms with Crippen LogP contribution in [0.2, 0.25) is 0 Å². The minimum Gasteiger partial charge on any atom is -0.378 e. The number of hydrogen-bond acceptors (Lipinski definition) is 3. The van der Waals surface area contributed by atoms with Gasteiger partial charge in [0.1, 0.15) is 0 Å². The number of likely N-dealkylation sites (tertiary alicyclic amines) is 1. The van der Waals surface area contributed by atoms with Gasteiger partial charge in [-0.2, -0.15) is 0 Å². The molecule has 0 spiro atoms. The molecule has 1 N–H and O–H groups in total. The van der Waals surface area contributed by atoms with Crippen molar-refractivity contribution in [2.45, 2.75) is 64.6 Å². The predicted molar refractivity (Wildman–Crippen MR) is 108 cm³/mol. The molecule has 1 aliphatic carbocycles. The van der Waals surface area contributed by atoms with Gasteiger partial charge >= 0.3 is 0 Å². The van der Waals surface area contributed by atoms with E-state index in [9.17, 15) is 0 Å². The highest BCUT2D eigenvalue weighted by atomic mass is 127. The van der Waals surface area contributed by atoms with E-state index in [0.717, 1.165) is 57.6 Å². The van der Waals surface area contributed by atoms with Gasteiger partial charge < -0.3 is 15.0 Å². The molecule has 23 heavy (non-hydrogen) atoms. The molecule has 0 atom stereocenters. The second-order valence-corrected chi connectivity index (χ2v) is 6.68. The monoisotopic (exact) mass is 438 g/mol. The van der Waals surface area contributed by atoms with Gasteiger partial charge in [0, 0.05) is 51.9 Å². The van der Waals surface area contributed by atoms with Crippen LogP contribution in [0.4, 0.5) is 0 Å². The summed E-state index contributed by atoms with van der Waals surface area (Å²) in [7, 11) is 1.89. The zero-order chi connectivity index (χ0) is 15.9. The van der Waals surface area contributed by atoms with E-state index in [1.165, 1.54) is 12.8 Å². The Balaban J connectivity index is 0.00000264. The lowest BCUT2D eigenvalue weighted by Gasteiger charge is -2.34. The molecule has 1 saturated heterocycles. The van der Waals surface area contributed by atoms with Crippen LogP contribution in [-0.4, -0.2) is 73.8 Å². The maximum absolute atomic E-state index is 5.72. The molecule has 0 amide bonds. The summed E-state index contributed by atoms with van der Waals surface area (Å²) >= 11 is 0. The first-order valence-corrected chi connectivity index (χ1v) is 8.98. The van der Waals surface area contributed by atoms with Gasteiger partial charge in [-0.05, 0) is 46.5 Å². The van der Waals surface area contributed by atoms with Gasteiger partial charge in [-0.1, -0.05) is 0 Å². The maximum Gasteiger partial charge on any atom is 0.193 e. The molecule has 1 heterocycles. The standard InChI is InChI=1S/C17H34N4O.HI/c1-5-22-16-8-11-20(12-9-16)17(18-4)19-10-13-21(14(2)3)15-6-7-15;/h14-16H,5-13H2,1-4H3,(H,18,19);1H. The smallest absolute Gasteiger partial charge is 0.193 e. The Hall–Kier alpha value is -0.0800. The third-order valence-corrected chi connectivity index (χ3v) is 4.69. The van der Waals surface area contributed by atoms with E-state index in [4.69, 9.17) is 4.74 Å². The molecule has 0 aromatic heterocycles. The van der Waals surface area contributed by atoms with E-state index in [1.807, 2.05) is 7.05 Å². The van der Waals surface area contributed by atoms with Gasteiger partial charge in [0.2, 0.25) is 0 Å². The highest BCUT2D eigenvalue weighted by molar-refractivity contribution is 14.0. The normalized spacial score (nSPS) is 20.1. The van der Waals surface area contributed by atoms with E-state index in [-0.39, 0.29) is 24.0 Å². The lowest BCUT2D eigenvalue weighted by Crippen LogP contribution is -2.49. The average molecular weight is 438 g/mol. The van der Waals surface area contributed by atoms with Crippen LogP contribution in [0.5, 0.6) is 0 Å². The number of nitrogens with one attached hydrogen (secondary N) is 1.